The number of rotatable bonds is 9. The summed E-state index contributed by atoms with van der Waals surface area (Å²) in [5, 5.41) is 9.53. The first-order valence-corrected chi connectivity index (χ1v) is 16.4. The molecule has 0 aromatic heterocycles. The second-order valence-electron chi connectivity index (χ2n) is 11.5. The second-order valence-corrected chi connectivity index (χ2v) is 12.6. The highest BCUT2D eigenvalue weighted by Crippen LogP contribution is 2.40. The van der Waals surface area contributed by atoms with Gasteiger partial charge in [-0.3, -0.25) is 14.5 Å². The normalized spacial score (nSPS) is 19.3. The number of hydrogen-bond acceptors (Lipinski definition) is 6. The lowest BCUT2D eigenvalue weighted by Gasteiger charge is -2.36. The van der Waals surface area contributed by atoms with E-state index < -0.39 is 6.29 Å². The van der Waals surface area contributed by atoms with Gasteiger partial charge in [0.15, 0.2) is 6.29 Å². The van der Waals surface area contributed by atoms with Crippen molar-refractivity contribution in [1.82, 2.24) is 4.90 Å². The molecule has 0 unspecified atom stereocenters. The lowest BCUT2D eigenvalue weighted by Crippen LogP contribution is -2.31. The van der Waals surface area contributed by atoms with Gasteiger partial charge in [0.2, 0.25) is 0 Å². The Labute approximate surface area is 272 Å². The van der Waals surface area contributed by atoms with Gasteiger partial charge in [0.1, 0.15) is 0 Å². The van der Waals surface area contributed by atoms with Gasteiger partial charge in [-0.15, -0.1) is 11.8 Å². The monoisotopic (exact) mass is 627 g/mol. The minimum Gasteiger partial charge on any atom is -0.392 e. The molecule has 2 amide bonds. The highest BCUT2D eigenvalue weighted by molar-refractivity contribution is 7.99. The third-order valence-electron chi connectivity index (χ3n) is 8.43. The summed E-state index contributed by atoms with van der Waals surface area (Å²) in [6.07, 6.45) is -0.0642. The summed E-state index contributed by atoms with van der Waals surface area (Å²) in [4.78, 5) is 28.4. The van der Waals surface area contributed by atoms with Crippen molar-refractivity contribution < 1.29 is 24.2 Å². The topological polar surface area (TPSA) is 76.1 Å². The third kappa shape index (κ3) is 6.41. The van der Waals surface area contributed by atoms with Crippen LogP contribution in [0.1, 0.15) is 61.8 Å². The van der Waals surface area contributed by atoms with Gasteiger partial charge in [0.05, 0.1) is 36.5 Å². The van der Waals surface area contributed by atoms with E-state index in [0.29, 0.717) is 17.5 Å². The summed E-state index contributed by atoms with van der Waals surface area (Å²) < 4.78 is 13.2. The van der Waals surface area contributed by atoms with Crippen molar-refractivity contribution in [1.29, 1.82) is 0 Å². The van der Waals surface area contributed by atoms with E-state index in [0.717, 1.165) is 39.1 Å². The zero-order valence-electron chi connectivity index (χ0n) is 25.1. The molecule has 7 rings (SSSR count). The number of amides is 2. The molecule has 2 aliphatic rings. The van der Waals surface area contributed by atoms with Crippen molar-refractivity contribution in [3.05, 3.63) is 161 Å². The van der Waals surface area contributed by atoms with Gasteiger partial charge < -0.3 is 14.6 Å². The van der Waals surface area contributed by atoms with Crippen LogP contribution in [0.2, 0.25) is 0 Å². The van der Waals surface area contributed by atoms with Crippen LogP contribution in [0.3, 0.4) is 0 Å². The van der Waals surface area contributed by atoms with Crippen LogP contribution in [0.4, 0.5) is 0 Å². The quantitative estimate of drug-likeness (QED) is 0.132. The summed E-state index contributed by atoms with van der Waals surface area (Å²) in [6, 6.07) is 41.3. The molecule has 3 atom stereocenters. The molecule has 1 N–H and O–H groups in total. The van der Waals surface area contributed by atoms with Crippen molar-refractivity contribution in [3.63, 3.8) is 0 Å². The van der Waals surface area contributed by atoms with Crippen LogP contribution in [0.15, 0.2) is 132 Å². The fraction of sp³-hybridized carbons (Fsp3) is 0.179. The molecule has 6 nitrogen and oxygen atoms in total. The first-order valence-electron chi connectivity index (χ1n) is 15.4. The number of carbonyl (C=O) groups excluding carboxylic acids is 2. The summed E-state index contributed by atoms with van der Waals surface area (Å²) in [5.74, 6) is 0.259. The van der Waals surface area contributed by atoms with Crippen molar-refractivity contribution >= 4 is 23.6 Å². The molecule has 0 bridgehead atoms. The number of hydrogen-bond donors (Lipinski definition) is 1. The molecule has 5 aromatic rings. The van der Waals surface area contributed by atoms with Gasteiger partial charge in [-0.25, -0.2) is 0 Å². The number of aliphatic hydroxyl groups excluding tert-OH is 1. The Morgan fingerprint density at radius 2 is 1.35 bits per heavy atom. The summed E-state index contributed by atoms with van der Waals surface area (Å²) in [7, 11) is 0. The fourth-order valence-electron chi connectivity index (χ4n) is 6.01. The van der Waals surface area contributed by atoms with E-state index in [2.05, 4.69) is 18.2 Å². The average molecular weight is 628 g/mol. The molecule has 5 aromatic carbocycles. The van der Waals surface area contributed by atoms with E-state index in [9.17, 15) is 14.7 Å². The molecule has 1 saturated heterocycles. The Morgan fingerprint density at radius 3 is 2.07 bits per heavy atom. The van der Waals surface area contributed by atoms with Gasteiger partial charge >= 0.3 is 0 Å². The number of fused-ring (bicyclic) bond motifs is 1. The molecular formula is C39H33NO5S. The molecule has 46 heavy (non-hydrogen) atoms. The molecule has 1 fully saturated rings. The van der Waals surface area contributed by atoms with Crippen LogP contribution in [-0.2, 0) is 22.6 Å². The van der Waals surface area contributed by atoms with Crippen LogP contribution in [0, 0.1) is 0 Å². The Hall–Kier alpha value is -4.53. The summed E-state index contributed by atoms with van der Waals surface area (Å²) in [5.41, 5.74) is 6.55. The molecule has 230 valence electrons. The number of aliphatic hydroxyl groups is 1. The van der Waals surface area contributed by atoms with E-state index in [1.807, 2.05) is 84.9 Å². The standard InChI is InChI=1S/C39H33NO5S/c41-24-26-16-18-28(19-17-26)36-22-32(25-46-33-12-2-1-3-13-33)44-39(45-36)31-11-7-10-30(21-31)29-9-6-8-27(20-29)23-40-37(42)34-14-4-5-15-35(34)38(40)43/h1-21,32,36,39,41H,22-25H2/t32-,36+,39+/m1/s1. The smallest absolute Gasteiger partial charge is 0.261 e. The first kappa shape index (κ1) is 30.1. The highest BCUT2D eigenvalue weighted by atomic mass is 32.2. The van der Waals surface area contributed by atoms with Crippen molar-refractivity contribution in [2.45, 2.75) is 43.0 Å². The Kier molecular flexibility index (Phi) is 8.81. The minimum atomic E-state index is -0.570. The fourth-order valence-corrected chi connectivity index (χ4v) is 6.95. The minimum absolute atomic E-state index is 0.000169. The van der Waals surface area contributed by atoms with Crippen LogP contribution in [0.5, 0.6) is 0 Å². The molecule has 7 heteroatoms. The number of thioether (sulfide) groups is 1. The Balaban J connectivity index is 1.12. The molecular weight excluding hydrogens is 594 g/mol. The van der Waals surface area contributed by atoms with Gasteiger partial charge in [0.25, 0.3) is 11.8 Å². The van der Waals surface area contributed by atoms with E-state index in [4.69, 9.17) is 9.47 Å². The van der Waals surface area contributed by atoms with Crippen LogP contribution in [-0.4, -0.2) is 33.7 Å². The second kappa shape index (κ2) is 13.4. The zero-order chi connectivity index (χ0) is 31.5. The maximum atomic E-state index is 13.0. The largest absolute Gasteiger partial charge is 0.392 e. The Morgan fingerprint density at radius 1 is 0.674 bits per heavy atom. The van der Waals surface area contributed by atoms with Crippen LogP contribution in [0.25, 0.3) is 11.1 Å². The molecule has 0 saturated carbocycles. The van der Waals surface area contributed by atoms with Crippen molar-refractivity contribution in [2.75, 3.05) is 5.75 Å². The molecule has 2 heterocycles. The van der Waals surface area contributed by atoms with Crippen LogP contribution < -0.4 is 0 Å². The lowest BCUT2D eigenvalue weighted by molar-refractivity contribution is -0.245. The SMILES string of the molecule is O=C1c2ccccc2C(=O)N1Cc1cccc(-c2cccc([C@H]3O[C@@H](CSc4ccccc4)C[C@@H](c4ccc(CO)cc4)O3)c2)c1. The van der Waals surface area contributed by atoms with Gasteiger partial charge in [-0.1, -0.05) is 91.0 Å². The maximum Gasteiger partial charge on any atom is 0.261 e. The predicted molar refractivity (Wildman–Crippen MR) is 178 cm³/mol. The molecule has 2 aliphatic heterocycles. The van der Waals surface area contributed by atoms with Gasteiger partial charge in [0, 0.05) is 22.6 Å². The van der Waals surface area contributed by atoms with E-state index in [-0.39, 0.29) is 37.2 Å². The predicted octanol–water partition coefficient (Wildman–Crippen LogP) is 7.98. The van der Waals surface area contributed by atoms with Crippen LogP contribution >= 0.6 is 11.8 Å². The summed E-state index contributed by atoms with van der Waals surface area (Å²) in [6.45, 7) is 0.201. The van der Waals surface area contributed by atoms with Crippen molar-refractivity contribution in [3.8, 4) is 11.1 Å². The lowest BCUT2D eigenvalue weighted by atomic mass is 9.99. The third-order valence-corrected chi connectivity index (χ3v) is 9.58. The van der Waals surface area contributed by atoms with Gasteiger partial charge in [-0.05, 0) is 64.2 Å². The first-order chi connectivity index (χ1) is 22.6. The molecule has 0 aliphatic carbocycles. The number of imide groups is 1. The van der Waals surface area contributed by atoms with Gasteiger partial charge in [-0.2, -0.15) is 0 Å². The van der Waals surface area contributed by atoms with Crippen molar-refractivity contribution in [2.24, 2.45) is 0 Å². The Bertz CT molecular complexity index is 1820. The number of nitrogens with zero attached hydrogens (tertiary/aromatic N) is 1. The average Bonchev–Trinajstić information content (AvgIpc) is 3.36. The maximum absolute atomic E-state index is 13.0. The molecule has 0 radical (unpaired) electrons. The summed E-state index contributed by atoms with van der Waals surface area (Å²) >= 11 is 1.77. The van der Waals surface area contributed by atoms with E-state index in [1.165, 1.54) is 9.80 Å². The van der Waals surface area contributed by atoms with E-state index >= 15 is 0 Å². The molecule has 0 spiro atoms. The number of benzene rings is 5. The zero-order valence-corrected chi connectivity index (χ0v) is 25.9. The number of carbonyl (C=O) groups is 2. The van der Waals surface area contributed by atoms with E-state index in [1.54, 1.807) is 36.0 Å². The number of ether oxygens (including phenoxy) is 2. The highest BCUT2D eigenvalue weighted by Gasteiger charge is 2.35.